The molecular weight excluding hydrogens is 414 g/mol. The van der Waals surface area contributed by atoms with Crippen LogP contribution >= 0.6 is 11.3 Å². The van der Waals surface area contributed by atoms with Crippen molar-refractivity contribution < 1.29 is 19.1 Å². The number of ether oxygens (including phenoxy) is 2. The number of anilines is 1. The Hall–Kier alpha value is -3.13. The SMILES string of the molecule is COc1ccc(CCN2CC(C(=O)Nc3ccc4nc(C)sc4c3)CC2=O)cc1OC. The van der Waals surface area contributed by atoms with Crippen LogP contribution in [0, 0.1) is 12.8 Å². The van der Waals surface area contributed by atoms with Crippen molar-refractivity contribution in [2.24, 2.45) is 5.92 Å². The number of nitrogens with one attached hydrogen (secondary N) is 1. The van der Waals surface area contributed by atoms with Crippen LogP contribution in [0.2, 0.25) is 0 Å². The second kappa shape index (κ2) is 8.93. The number of aryl methyl sites for hydroxylation is 1. The van der Waals surface area contributed by atoms with Crippen molar-refractivity contribution in [2.45, 2.75) is 19.8 Å². The molecule has 2 heterocycles. The van der Waals surface area contributed by atoms with Gasteiger partial charge in [0.1, 0.15) is 0 Å². The molecule has 1 N–H and O–H groups in total. The fraction of sp³-hybridized carbons (Fsp3) is 0.348. The van der Waals surface area contributed by atoms with Gasteiger partial charge < -0.3 is 19.7 Å². The monoisotopic (exact) mass is 439 g/mol. The molecule has 1 aromatic heterocycles. The minimum Gasteiger partial charge on any atom is -0.493 e. The molecule has 162 valence electrons. The molecule has 0 saturated carbocycles. The molecule has 2 aromatic carbocycles. The number of fused-ring (bicyclic) bond motifs is 1. The smallest absolute Gasteiger partial charge is 0.229 e. The summed E-state index contributed by atoms with van der Waals surface area (Å²) in [5, 5.41) is 3.95. The van der Waals surface area contributed by atoms with Crippen LogP contribution in [0.3, 0.4) is 0 Å². The number of nitrogens with zero attached hydrogens (tertiary/aromatic N) is 2. The van der Waals surface area contributed by atoms with Gasteiger partial charge in [-0.2, -0.15) is 0 Å². The third-order valence-electron chi connectivity index (χ3n) is 5.47. The van der Waals surface area contributed by atoms with Crippen LogP contribution in [0.4, 0.5) is 5.69 Å². The lowest BCUT2D eigenvalue weighted by Gasteiger charge is -2.17. The Labute approximate surface area is 185 Å². The average Bonchev–Trinajstić information content (AvgIpc) is 3.32. The van der Waals surface area contributed by atoms with Gasteiger partial charge in [-0.1, -0.05) is 6.07 Å². The minimum absolute atomic E-state index is 0.00848. The number of likely N-dealkylation sites (tertiary alicyclic amines) is 1. The van der Waals surface area contributed by atoms with E-state index >= 15 is 0 Å². The van der Waals surface area contributed by atoms with Gasteiger partial charge >= 0.3 is 0 Å². The first-order chi connectivity index (χ1) is 15.0. The molecule has 1 fully saturated rings. The molecule has 7 nitrogen and oxygen atoms in total. The molecule has 1 saturated heterocycles. The van der Waals surface area contributed by atoms with Gasteiger partial charge in [-0.15, -0.1) is 11.3 Å². The molecule has 3 aromatic rings. The Morgan fingerprint density at radius 1 is 1.19 bits per heavy atom. The number of methoxy groups -OCH3 is 2. The summed E-state index contributed by atoms with van der Waals surface area (Å²) in [7, 11) is 3.20. The van der Waals surface area contributed by atoms with E-state index in [1.165, 1.54) is 0 Å². The highest BCUT2D eigenvalue weighted by atomic mass is 32.1. The van der Waals surface area contributed by atoms with Crippen molar-refractivity contribution >= 4 is 39.1 Å². The first-order valence-electron chi connectivity index (χ1n) is 10.1. The molecule has 0 aliphatic carbocycles. The Balaban J connectivity index is 1.35. The minimum atomic E-state index is -0.350. The number of aromatic nitrogens is 1. The van der Waals surface area contributed by atoms with Crippen LogP contribution < -0.4 is 14.8 Å². The molecule has 1 aliphatic rings. The second-order valence-electron chi connectivity index (χ2n) is 7.58. The standard InChI is InChI=1S/C23H25N3O4S/c1-14-24-18-6-5-17(12-21(18)31-14)25-23(28)16-11-22(27)26(13-16)9-8-15-4-7-19(29-2)20(10-15)30-3/h4-7,10,12,16H,8-9,11,13H2,1-3H3,(H,25,28). The first kappa shape index (κ1) is 21.1. The molecule has 0 spiro atoms. The fourth-order valence-corrected chi connectivity index (χ4v) is 4.69. The highest BCUT2D eigenvalue weighted by Gasteiger charge is 2.34. The van der Waals surface area contributed by atoms with Crippen LogP contribution in [-0.2, 0) is 16.0 Å². The van der Waals surface area contributed by atoms with Crippen LogP contribution in [0.25, 0.3) is 10.2 Å². The predicted octanol–water partition coefficient (Wildman–Crippen LogP) is 3.65. The molecule has 8 heteroatoms. The van der Waals surface area contributed by atoms with Crippen LogP contribution in [0.1, 0.15) is 17.0 Å². The summed E-state index contributed by atoms with van der Waals surface area (Å²) >= 11 is 1.59. The largest absolute Gasteiger partial charge is 0.493 e. The maximum Gasteiger partial charge on any atom is 0.229 e. The lowest BCUT2D eigenvalue weighted by Crippen LogP contribution is -2.30. The molecular formula is C23H25N3O4S. The summed E-state index contributed by atoms with van der Waals surface area (Å²) in [6.45, 7) is 2.95. The van der Waals surface area contributed by atoms with Gasteiger partial charge in [0.25, 0.3) is 0 Å². The van der Waals surface area contributed by atoms with E-state index in [1.807, 2.05) is 43.3 Å². The van der Waals surface area contributed by atoms with Crippen LogP contribution in [0.15, 0.2) is 36.4 Å². The van der Waals surface area contributed by atoms with Crippen LogP contribution in [0.5, 0.6) is 11.5 Å². The van der Waals surface area contributed by atoms with Gasteiger partial charge in [0, 0.05) is 25.2 Å². The van der Waals surface area contributed by atoms with E-state index < -0.39 is 0 Å². The van der Waals surface area contributed by atoms with Gasteiger partial charge in [0.05, 0.1) is 35.4 Å². The van der Waals surface area contributed by atoms with Gasteiger partial charge in [-0.25, -0.2) is 4.98 Å². The molecule has 2 amide bonds. The van der Waals surface area contributed by atoms with Crippen molar-refractivity contribution in [2.75, 3.05) is 32.6 Å². The summed E-state index contributed by atoms with van der Waals surface area (Å²) in [5.41, 5.74) is 2.71. The van der Waals surface area contributed by atoms with E-state index in [0.29, 0.717) is 31.0 Å². The lowest BCUT2D eigenvalue weighted by atomic mass is 10.1. The molecule has 0 radical (unpaired) electrons. The molecule has 1 atom stereocenters. The Bertz CT molecular complexity index is 1130. The number of rotatable bonds is 7. The summed E-state index contributed by atoms with van der Waals surface area (Å²) < 4.78 is 11.6. The van der Waals surface area contributed by atoms with E-state index in [1.54, 1.807) is 30.5 Å². The van der Waals surface area contributed by atoms with Crippen molar-refractivity contribution in [3.63, 3.8) is 0 Å². The van der Waals surface area contributed by atoms with E-state index in [4.69, 9.17) is 9.47 Å². The molecule has 1 aliphatic heterocycles. The zero-order chi connectivity index (χ0) is 22.0. The van der Waals surface area contributed by atoms with Gasteiger partial charge in [-0.3, -0.25) is 9.59 Å². The van der Waals surface area contributed by atoms with Gasteiger partial charge in [0.15, 0.2) is 11.5 Å². The summed E-state index contributed by atoms with van der Waals surface area (Å²) in [4.78, 5) is 31.4. The first-order valence-corrected chi connectivity index (χ1v) is 10.9. The quantitative estimate of drug-likeness (QED) is 0.608. The third kappa shape index (κ3) is 4.64. The Morgan fingerprint density at radius 2 is 2.00 bits per heavy atom. The number of amides is 2. The number of hydrogen-bond donors (Lipinski definition) is 1. The zero-order valence-corrected chi connectivity index (χ0v) is 18.6. The summed E-state index contributed by atoms with van der Waals surface area (Å²) in [5.74, 6) is 0.874. The maximum absolute atomic E-state index is 12.7. The van der Waals surface area contributed by atoms with E-state index in [2.05, 4.69) is 10.3 Å². The maximum atomic E-state index is 12.7. The number of carbonyl (C=O) groups is 2. The Morgan fingerprint density at radius 3 is 2.77 bits per heavy atom. The molecule has 4 rings (SSSR count). The predicted molar refractivity (Wildman–Crippen MR) is 121 cm³/mol. The molecule has 1 unspecified atom stereocenters. The normalized spacial score (nSPS) is 16.0. The van der Waals surface area contributed by atoms with E-state index in [-0.39, 0.29) is 24.2 Å². The zero-order valence-electron chi connectivity index (χ0n) is 17.8. The third-order valence-corrected chi connectivity index (χ3v) is 6.40. The molecule has 0 bridgehead atoms. The van der Waals surface area contributed by atoms with Crippen molar-refractivity contribution in [3.05, 3.63) is 47.0 Å². The van der Waals surface area contributed by atoms with Crippen molar-refractivity contribution in [3.8, 4) is 11.5 Å². The fourth-order valence-electron chi connectivity index (χ4n) is 3.83. The number of carbonyl (C=O) groups excluding carboxylic acids is 2. The highest BCUT2D eigenvalue weighted by molar-refractivity contribution is 7.18. The second-order valence-corrected chi connectivity index (χ2v) is 8.82. The van der Waals surface area contributed by atoms with E-state index in [0.717, 1.165) is 26.5 Å². The molecule has 31 heavy (non-hydrogen) atoms. The number of hydrogen-bond acceptors (Lipinski definition) is 6. The summed E-state index contributed by atoms with van der Waals surface area (Å²) in [6, 6.07) is 11.4. The van der Waals surface area contributed by atoms with Crippen LogP contribution in [-0.4, -0.2) is 49.0 Å². The number of thiazole rings is 1. The Kier molecular flexibility index (Phi) is 6.08. The average molecular weight is 440 g/mol. The highest BCUT2D eigenvalue weighted by Crippen LogP contribution is 2.29. The van der Waals surface area contributed by atoms with Crippen molar-refractivity contribution in [1.82, 2.24) is 9.88 Å². The van der Waals surface area contributed by atoms with E-state index in [9.17, 15) is 9.59 Å². The topological polar surface area (TPSA) is 80.8 Å². The van der Waals surface area contributed by atoms with Gasteiger partial charge in [0.2, 0.25) is 11.8 Å². The lowest BCUT2D eigenvalue weighted by molar-refractivity contribution is -0.128. The van der Waals surface area contributed by atoms with Gasteiger partial charge in [-0.05, 0) is 49.2 Å². The number of benzene rings is 2. The summed E-state index contributed by atoms with van der Waals surface area (Å²) in [6.07, 6.45) is 0.918. The van der Waals surface area contributed by atoms with Crippen molar-refractivity contribution in [1.29, 1.82) is 0 Å².